The molecule has 0 radical (unpaired) electrons. The van der Waals surface area contributed by atoms with Crippen LogP contribution in [0.5, 0.6) is 11.5 Å². The maximum absolute atomic E-state index is 12.3. The SMILES string of the molecule is COc1cc(OC)c(NC(=O)N2CCC[C@H](C)C2)cc1Cl. The van der Waals surface area contributed by atoms with Gasteiger partial charge >= 0.3 is 6.03 Å². The molecule has 1 fully saturated rings. The van der Waals surface area contributed by atoms with E-state index < -0.39 is 0 Å². The third-order valence-electron chi connectivity index (χ3n) is 3.66. The minimum Gasteiger partial charge on any atom is -0.495 e. The second-order valence-corrected chi connectivity index (χ2v) is 5.72. The Morgan fingerprint density at radius 3 is 2.67 bits per heavy atom. The van der Waals surface area contributed by atoms with Crippen molar-refractivity contribution in [3.8, 4) is 11.5 Å². The van der Waals surface area contributed by atoms with E-state index in [2.05, 4.69) is 12.2 Å². The van der Waals surface area contributed by atoms with Crippen molar-refractivity contribution in [2.45, 2.75) is 19.8 Å². The van der Waals surface area contributed by atoms with Gasteiger partial charge in [0.15, 0.2) is 0 Å². The fraction of sp³-hybridized carbons (Fsp3) is 0.533. The number of anilines is 1. The molecule has 0 aliphatic carbocycles. The van der Waals surface area contributed by atoms with Crippen molar-refractivity contribution in [2.24, 2.45) is 5.92 Å². The standard InChI is InChI=1S/C15H21ClN2O3/c1-10-5-4-6-18(9-10)15(19)17-12-7-11(16)13(20-2)8-14(12)21-3/h7-8,10H,4-6,9H2,1-3H3,(H,17,19)/t10-/m0/s1. The lowest BCUT2D eigenvalue weighted by atomic mass is 10.0. The number of urea groups is 1. The van der Waals surface area contributed by atoms with Crippen LogP contribution in [0.3, 0.4) is 0 Å². The summed E-state index contributed by atoms with van der Waals surface area (Å²) in [4.78, 5) is 14.2. The summed E-state index contributed by atoms with van der Waals surface area (Å²) in [6, 6.07) is 3.18. The van der Waals surface area contributed by atoms with Gasteiger partial charge in [0.2, 0.25) is 0 Å². The van der Waals surface area contributed by atoms with Crippen molar-refractivity contribution in [3.63, 3.8) is 0 Å². The van der Waals surface area contributed by atoms with E-state index in [0.717, 1.165) is 19.5 Å². The van der Waals surface area contributed by atoms with Crippen molar-refractivity contribution in [3.05, 3.63) is 17.2 Å². The fourth-order valence-corrected chi connectivity index (χ4v) is 2.77. The highest BCUT2D eigenvalue weighted by Gasteiger charge is 2.22. The van der Waals surface area contributed by atoms with E-state index in [-0.39, 0.29) is 6.03 Å². The van der Waals surface area contributed by atoms with Crippen LogP contribution in [0.4, 0.5) is 10.5 Å². The lowest BCUT2D eigenvalue weighted by Crippen LogP contribution is -2.41. The first-order valence-corrected chi connectivity index (χ1v) is 7.40. The van der Waals surface area contributed by atoms with Crippen molar-refractivity contribution < 1.29 is 14.3 Å². The average Bonchev–Trinajstić information content (AvgIpc) is 2.47. The minimum absolute atomic E-state index is 0.124. The zero-order valence-corrected chi connectivity index (χ0v) is 13.4. The molecule has 6 heteroatoms. The molecule has 1 heterocycles. The molecule has 2 amide bonds. The normalized spacial score (nSPS) is 18.3. The number of nitrogens with one attached hydrogen (secondary N) is 1. The van der Waals surface area contributed by atoms with Gasteiger partial charge in [-0.15, -0.1) is 0 Å². The molecule has 0 saturated carbocycles. The molecule has 1 aliphatic heterocycles. The Balaban J connectivity index is 2.14. The molecule has 0 unspecified atom stereocenters. The molecule has 1 aromatic carbocycles. The number of piperidine rings is 1. The number of carbonyl (C=O) groups is 1. The molecule has 2 rings (SSSR count). The van der Waals surface area contributed by atoms with Crippen LogP contribution < -0.4 is 14.8 Å². The van der Waals surface area contributed by atoms with E-state index in [1.165, 1.54) is 13.5 Å². The number of nitrogens with zero attached hydrogens (tertiary/aromatic N) is 1. The van der Waals surface area contributed by atoms with Crippen LogP contribution in [-0.4, -0.2) is 38.2 Å². The number of benzene rings is 1. The Labute approximate surface area is 130 Å². The zero-order chi connectivity index (χ0) is 15.4. The summed E-state index contributed by atoms with van der Waals surface area (Å²) >= 11 is 6.11. The number of ether oxygens (including phenoxy) is 2. The first-order valence-electron chi connectivity index (χ1n) is 7.02. The summed E-state index contributed by atoms with van der Waals surface area (Å²) in [6.07, 6.45) is 2.20. The van der Waals surface area contributed by atoms with Gasteiger partial charge in [-0.25, -0.2) is 4.79 Å². The Hall–Kier alpha value is -1.62. The van der Waals surface area contributed by atoms with E-state index in [1.807, 2.05) is 4.90 Å². The second-order valence-electron chi connectivity index (χ2n) is 5.31. The molecule has 5 nitrogen and oxygen atoms in total. The first-order chi connectivity index (χ1) is 10.0. The van der Waals surface area contributed by atoms with Crippen molar-refractivity contribution >= 4 is 23.3 Å². The molecule has 116 valence electrons. The largest absolute Gasteiger partial charge is 0.495 e. The summed E-state index contributed by atoms with van der Waals surface area (Å²) in [5, 5.41) is 3.30. The fourth-order valence-electron chi connectivity index (χ4n) is 2.53. The van der Waals surface area contributed by atoms with Gasteiger partial charge in [0.1, 0.15) is 11.5 Å². The lowest BCUT2D eigenvalue weighted by molar-refractivity contribution is 0.182. The molecular weight excluding hydrogens is 292 g/mol. The molecule has 0 bridgehead atoms. The highest BCUT2D eigenvalue weighted by Crippen LogP contribution is 2.36. The van der Waals surface area contributed by atoms with Crippen molar-refractivity contribution in [1.29, 1.82) is 0 Å². The van der Waals surface area contributed by atoms with Gasteiger partial charge in [-0.05, 0) is 24.8 Å². The molecular formula is C15H21ClN2O3. The molecule has 0 spiro atoms. The molecule has 21 heavy (non-hydrogen) atoms. The Bertz CT molecular complexity index is 522. The van der Waals surface area contributed by atoms with Crippen molar-refractivity contribution in [1.82, 2.24) is 4.90 Å². The number of halogens is 1. The highest BCUT2D eigenvalue weighted by atomic mass is 35.5. The lowest BCUT2D eigenvalue weighted by Gasteiger charge is -2.31. The van der Waals surface area contributed by atoms with Crippen LogP contribution in [0.25, 0.3) is 0 Å². The highest BCUT2D eigenvalue weighted by molar-refractivity contribution is 6.32. The maximum Gasteiger partial charge on any atom is 0.321 e. The third kappa shape index (κ3) is 3.73. The predicted molar refractivity (Wildman–Crippen MR) is 83.5 cm³/mol. The van der Waals surface area contributed by atoms with Crippen LogP contribution in [0.1, 0.15) is 19.8 Å². The van der Waals surface area contributed by atoms with Gasteiger partial charge in [-0.3, -0.25) is 0 Å². The van der Waals surface area contributed by atoms with E-state index >= 15 is 0 Å². The molecule has 1 aromatic rings. The van der Waals surface area contributed by atoms with Crippen LogP contribution in [0.15, 0.2) is 12.1 Å². The average molecular weight is 313 g/mol. The molecule has 1 aliphatic rings. The summed E-state index contributed by atoms with van der Waals surface area (Å²) in [5.41, 5.74) is 0.548. The van der Waals surface area contributed by atoms with E-state index in [4.69, 9.17) is 21.1 Å². The van der Waals surface area contributed by atoms with Crippen LogP contribution in [0.2, 0.25) is 5.02 Å². The van der Waals surface area contributed by atoms with Gasteiger partial charge in [-0.2, -0.15) is 0 Å². The summed E-state index contributed by atoms with van der Waals surface area (Å²) in [7, 11) is 3.08. The van der Waals surface area contributed by atoms with Gasteiger partial charge in [0.25, 0.3) is 0 Å². The number of amides is 2. The van der Waals surface area contributed by atoms with Gasteiger partial charge in [0.05, 0.1) is 24.9 Å². The smallest absolute Gasteiger partial charge is 0.321 e. The first kappa shape index (κ1) is 15.8. The molecule has 0 aromatic heterocycles. The number of hydrogen-bond acceptors (Lipinski definition) is 3. The van der Waals surface area contributed by atoms with Crippen LogP contribution in [-0.2, 0) is 0 Å². The quantitative estimate of drug-likeness (QED) is 0.927. The summed E-state index contributed by atoms with van der Waals surface area (Å²) in [5.74, 6) is 1.57. The minimum atomic E-state index is -0.124. The number of hydrogen-bond donors (Lipinski definition) is 1. The maximum atomic E-state index is 12.3. The third-order valence-corrected chi connectivity index (χ3v) is 3.96. The summed E-state index contributed by atoms with van der Waals surface area (Å²) in [6.45, 7) is 3.71. The van der Waals surface area contributed by atoms with Crippen LogP contribution >= 0.6 is 11.6 Å². The van der Waals surface area contributed by atoms with Crippen molar-refractivity contribution in [2.75, 3.05) is 32.6 Å². The number of methoxy groups -OCH3 is 2. The van der Waals surface area contributed by atoms with E-state index in [9.17, 15) is 4.79 Å². The summed E-state index contributed by atoms with van der Waals surface area (Å²) < 4.78 is 10.4. The Morgan fingerprint density at radius 2 is 2.05 bits per heavy atom. The van der Waals surface area contributed by atoms with Gasteiger partial charge in [0, 0.05) is 19.2 Å². The topological polar surface area (TPSA) is 50.8 Å². The predicted octanol–water partition coefficient (Wildman–Crippen LogP) is 3.62. The van der Waals surface area contributed by atoms with Crippen LogP contribution in [0, 0.1) is 5.92 Å². The number of likely N-dealkylation sites (tertiary alicyclic amines) is 1. The second kappa shape index (κ2) is 6.89. The van der Waals surface area contributed by atoms with Gasteiger partial charge < -0.3 is 19.7 Å². The number of carbonyl (C=O) groups excluding carboxylic acids is 1. The molecule has 1 atom stereocenters. The Morgan fingerprint density at radius 1 is 1.33 bits per heavy atom. The molecule has 1 N–H and O–H groups in total. The zero-order valence-electron chi connectivity index (χ0n) is 12.6. The number of rotatable bonds is 3. The van der Waals surface area contributed by atoms with Gasteiger partial charge in [-0.1, -0.05) is 18.5 Å². The Kier molecular flexibility index (Phi) is 5.17. The molecule has 1 saturated heterocycles. The van der Waals surface area contributed by atoms with E-state index in [0.29, 0.717) is 28.1 Å². The van der Waals surface area contributed by atoms with E-state index in [1.54, 1.807) is 19.2 Å². The monoisotopic (exact) mass is 312 g/mol.